The van der Waals surface area contributed by atoms with Crippen LogP contribution in [0, 0.1) is 0 Å². The molecule has 1 atom stereocenters. The molecule has 0 saturated heterocycles. The summed E-state index contributed by atoms with van der Waals surface area (Å²) in [6.45, 7) is 4.08. The predicted octanol–water partition coefficient (Wildman–Crippen LogP) is 4.63. The first-order valence-electron chi connectivity index (χ1n) is 7.97. The van der Waals surface area contributed by atoms with Gasteiger partial charge in [-0.3, -0.25) is 0 Å². The quantitative estimate of drug-likeness (QED) is 0.798. The maximum Gasteiger partial charge on any atom is 0.192 e. The van der Waals surface area contributed by atoms with Gasteiger partial charge in [0.25, 0.3) is 0 Å². The Hall–Kier alpha value is -2.20. The van der Waals surface area contributed by atoms with Crippen LogP contribution in [0.15, 0.2) is 47.6 Å². The summed E-state index contributed by atoms with van der Waals surface area (Å²) in [5.41, 5.74) is 2.74. The molecule has 4 rings (SSSR count). The molecule has 0 aliphatic carbocycles. The minimum absolute atomic E-state index is 0.138. The van der Waals surface area contributed by atoms with Gasteiger partial charge in [-0.05, 0) is 61.9 Å². The van der Waals surface area contributed by atoms with Crippen LogP contribution < -0.4 is 9.47 Å². The van der Waals surface area contributed by atoms with Gasteiger partial charge in [0.15, 0.2) is 5.72 Å². The molecule has 4 nitrogen and oxygen atoms in total. The van der Waals surface area contributed by atoms with Gasteiger partial charge in [0.05, 0.1) is 18.9 Å². The molecule has 124 valence electrons. The van der Waals surface area contributed by atoms with E-state index in [4.69, 9.17) is 26.2 Å². The highest BCUT2D eigenvalue weighted by Gasteiger charge is 2.44. The summed E-state index contributed by atoms with van der Waals surface area (Å²) in [6, 6.07) is 13.9. The van der Waals surface area contributed by atoms with Gasteiger partial charge in [-0.1, -0.05) is 11.6 Å². The number of nitrogens with zero attached hydrogens (tertiary/aromatic N) is 2. The van der Waals surface area contributed by atoms with Crippen LogP contribution in [-0.4, -0.2) is 23.6 Å². The van der Waals surface area contributed by atoms with Crippen molar-refractivity contribution in [1.29, 1.82) is 0 Å². The molecule has 2 aromatic rings. The van der Waals surface area contributed by atoms with E-state index in [1.165, 1.54) is 0 Å². The summed E-state index contributed by atoms with van der Waals surface area (Å²) < 4.78 is 11.4. The van der Waals surface area contributed by atoms with Crippen LogP contribution in [0.1, 0.15) is 37.4 Å². The van der Waals surface area contributed by atoms with E-state index in [0.29, 0.717) is 0 Å². The van der Waals surface area contributed by atoms with Gasteiger partial charge in [0, 0.05) is 17.0 Å². The van der Waals surface area contributed by atoms with E-state index in [-0.39, 0.29) is 6.04 Å². The van der Waals surface area contributed by atoms with Crippen LogP contribution in [0.2, 0.25) is 5.02 Å². The van der Waals surface area contributed by atoms with Gasteiger partial charge in [-0.2, -0.15) is 5.10 Å². The number of rotatable bonds is 2. The Morgan fingerprint density at radius 1 is 1.21 bits per heavy atom. The SMILES string of the molecule is COc1ccc(C2=NN3C(C2)c2cc(Cl)ccc2OC3(C)C)cc1. The number of hydrogen-bond acceptors (Lipinski definition) is 4. The van der Waals surface area contributed by atoms with Crippen molar-refractivity contribution < 1.29 is 9.47 Å². The molecule has 0 radical (unpaired) electrons. The van der Waals surface area contributed by atoms with Crippen molar-refractivity contribution >= 4 is 17.3 Å². The number of hydrazone groups is 1. The smallest absolute Gasteiger partial charge is 0.192 e. The average Bonchev–Trinajstić information content (AvgIpc) is 3.02. The van der Waals surface area contributed by atoms with Gasteiger partial charge in [-0.25, -0.2) is 5.01 Å². The molecule has 0 spiro atoms. The lowest BCUT2D eigenvalue weighted by Gasteiger charge is -2.43. The van der Waals surface area contributed by atoms with E-state index in [0.717, 1.165) is 39.8 Å². The van der Waals surface area contributed by atoms with Gasteiger partial charge in [0.1, 0.15) is 11.5 Å². The molecule has 2 heterocycles. The minimum atomic E-state index is -0.500. The highest BCUT2D eigenvalue weighted by atomic mass is 35.5. The van der Waals surface area contributed by atoms with E-state index in [2.05, 4.69) is 0 Å². The minimum Gasteiger partial charge on any atom is -0.497 e. The Balaban J connectivity index is 1.73. The Kier molecular flexibility index (Phi) is 3.46. The average molecular weight is 343 g/mol. The third-order valence-electron chi connectivity index (χ3n) is 4.58. The third-order valence-corrected chi connectivity index (χ3v) is 4.81. The molecule has 0 fully saturated rings. The van der Waals surface area contributed by atoms with Gasteiger partial charge in [0.2, 0.25) is 0 Å². The number of halogens is 1. The summed E-state index contributed by atoms with van der Waals surface area (Å²) in [6.07, 6.45) is 0.826. The maximum atomic E-state index is 6.20. The zero-order chi connectivity index (χ0) is 16.9. The maximum absolute atomic E-state index is 6.20. The standard InChI is InChI=1S/C19H19ClN2O2/c1-19(2)22-17(15-10-13(20)6-9-18(15)24-19)11-16(21-22)12-4-7-14(23-3)8-5-12/h4-10,17H,11H2,1-3H3. The van der Waals surface area contributed by atoms with E-state index < -0.39 is 5.72 Å². The molecule has 5 heteroatoms. The van der Waals surface area contributed by atoms with Crippen LogP contribution >= 0.6 is 11.6 Å². The predicted molar refractivity (Wildman–Crippen MR) is 94.9 cm³/mol. The number of methoxy groups -OCH3 is 1. The molecular weight excluding hydrogens is 324 g/mol. The number of benzene rings is 2. The van der Waals surface area contributed by atoms with Crippen LogP contribution in [0.4, 0.5) is 0 Å². The van der Waals surface area contributed by atoms with Crippen LogP contribution in [0.5, 0.6) is 11.5 Å². The highest BCUT2D eigenvalue weighted by Crippen LogP contribution is 2.47. The Morgan fingerprint density at radius 2 is 1.96 bits per heavy atom. The molecule has 2 aliphatic rings. The Bertz CT molecular complexity index is 815. The van der Waals surface area contributed by atoms with Crippen molar-refractivity contribution in [2.75, 3.05) is 7.11 Å². The summed E-state index contributed by atoms with van der Waals surface area (Å²) in [5.74, 6) is 1.73. The normalized spacial score (nSPS) is 20.8. The van der Waals surface area contributed by atoms with Gasteiger partial charge in [-0.15, -0.1) is 0 Å². The van der Waals surface area contributed by atoms with Crippen LogP contribution in [-0.2, 0) is 0 Å². The second-order valence-electron chi connectivity index (χ2n) is 6.57. The van der Waals surface area contributed by atoms with Gasteiger partial charge < -0.3 is 9.47 Å². The molecule has 24 heavy (non-hydrogen) atoms. The second kappa shape index (κ2) is 5.42. The van der Waals surface area contributed by atoms with Crippen molar-refractivity contribution in [3.63, 3.8) is 0 Å². The van der Waals surface area contributed by atoms with E-state index in [1.807, 2.05) is 61.3 Å². The van der Waals surface area contributed by atoms with Crippen molar-refractivity contribution in [2.24, 2.45) is 5.10 Å². The summed E-state index contributed by atoms with van der Waals surface area (Å²) in [7, 11) is 1.67. The van der Waals surface area contributed by atoms with Crippen molar-refractivity contribution in [1.82, 2.24) is 5.01 Å². The van der Waals surface area contributed by atoms with E-state index >= 15 is 0 Å². The van der Waals surface area contributed by atoms with E-state index in [1.54, 1.807) is 7.11 Å². The highest BCUT2D eigenvalue weighted by molar-refractivity contribution is 6.30. The number of ether oxygens (including phenoxy) is 2. The first kappa shape index (κ1) is 15.3. The Labute approximate surface area is 146 Å². The molecule has 0 bridgehead atoms. The molecule has 2 aliphatic heterocycles. The molecule has 1 unspecified atom stereocenters. The third kappa shape index (κ3) is 2.42. The monoisotopic (exact) mass is 342 g/mol. The molecule has 0 saturated carbocycles. The molecule has 2 aromatic carbocycles. The first-order chi connectivity index (χ1) is 11.5. The lowest BCUT2D eigenvalue weighted by atomic mass is 9.95. The molecule has 0 N–H and O–H groups in total. The fraction of sp³-hybridized carbons (Fsp3) is 0.316. The van der Waals surface area contributed by atoms with Crippen molar-refractivity contribution in [3.05, 3.63) is 58.6 Å². The first-order valence-corrected chi connectivity index (χ1v) is 8.35. The van der Waals surface area contributed by atoms with Gasteiger partial charge >= 0.3 is 0 Å². The number of hydrogen-bond donors (Lipinski definition) is 0. The lowest BCUT2D eigenvalue weighted by molar-refractivity contribution is -0.0911. The number of fused-ring (bicyclic) bond motifs is 3. The Morgan fingerprint density at radius 3 is 2.67 bits per heavy atom. The zero-order valence-corrected chi connectivity index (χ0v) is 14.7. The zero-order valence-electron chi connectivity index (χ0n) is 13.9. The van der Waals surface area contributed by atoms with Crippen LogP contribution in [0.3, 0.4) is 0 Å². The van der Waals surface area contributed by atoms with Crippen LogP contribution in [0.25, 0.3) is 0 Å². The van der Waals surface area contributed by atoms with E-state index in [9.17, 15) is 0 Å². The van der Waals surface area contributed by atoms with Crippen molar-refractivity contribution in [3.8, 4) is 11.5 Å². The molecule has 0 aromatic heterocycles. The molecule has 0 amide bonds. The largest absolute Gasteiger partial charge is 0.497 e. The molecular formula is C19H19ClN2O2. The summed E-state index contributed by atoms with van der Waals surface area (Å²) in [4.78, 5) is 0. The summed E-state index contributed by atoms with van der Waals surface area (Å²) >= 11 is 6.20. The fourth-order valence-corrected chi connectivity index (χ4v) is 3.58. The topological polar surface area (TPSA) is 34.1 Å². The summed E-state index contributed by atoms with van der Waals surface area (Å²) in [5, 5.41) is 7.62. The fourth-order valence-electron chi connectivity index (χ4n) is 3.40. The lowest BCUT2D eigenvalue weighted by Crippen LogP contribution is -2.48. The van der Waals surface area contributed by atoms with Crippen molar-refractivity contribution in [2.45, 2.75) is 32.0 Å². The second-order valence-corrected chi connectivity index (χ2v) is 7.01.